The van der Waals surface area contributed by atoms with Crippen molar-refractivity contribution >= 4 is 23.5 Å². The van der Waals surface area contributed by atoms with Crippen molar-refractivity contribution in [1.82, 2.24) is 5.32 Å². The highest BCUT2D eigenvalue weighted by Gasteiger charge is 2.43. The van der Waals surface area contributed by atoms with Crippen LogP contribution in [0.3, 0.4) is 0 Å². The Kier molecular flexibility index (Phi) is 7.58. The Morgan fingerprint density at radius 3 is 2.20 bits per heavy atom. The molecule has 1 aliphatic heterocycles. The number of rotatable bonds is 6. The van der Waals surface area contributed by atoms with Gasteiger partial charge in [-0.05, 0) is 39.3 Å². The van der Waals surface area contributed by atoms with E-state index in [0.29, 0.717) is 5.70 Å². The molecule has 1 atom stereocenters. The third-order valence-electron chi connectivity index (χ3n) is 4.43. The van der Waals surface area contributed by atoms with Crippen LogP contribution in [0.4, 0.5) is 13.2 Å². The van der Waals surface area contributed by atoms with E-state index in [2.05, 4.69) is 5.32 Å². The topological polar surface area (TPSA) is 64.6 Å². The van der Waals surface area contributed by atoms with Crippen LogP contribution < -0.4 is 5.32 Å². The van der Waals surface area contributed by atoms with Crippen LogP contribution in [-0.2, 0) is 25.2 Å². The second-order valence-electron chi connectivity index (χ2n) is 7.00. The van der Waals surface area contributed by atoms with Crippen molar-refractivity contribution in [2.75, 3.05) is 12.5 Å². The molecule has 2 rings (SSSR count). The summed E-state index contributed by atoms with van der Waals surface area (Å²) in [6, 6.07) is 4.83. The zero-order valence-electron chi connectivity index (χ0n) is 17.0. The third-order valence-corrected chi connectivity index (χ3v) is 4.58. The zero-order valence-corrected chi connectivity index (χ0v) is 17.8. The molecule has 0 aliphatic carbocycles. The van der Waals surface area contributed by atoms with Gasteiger partial charge in [0.2, 0.25) is 0 Å². The van der Waals surface area contributed by atoms with E-state index in [1.54, 1.807) is 20.8 Å². The van der Waals surface area contributed by atoms with Crippen LogP contribution in [0.5, 0.6) is 0 Å². The highest BCUT2D eigenvalue weighted by molar-refractivity contribution is 6.18. The molecular weight excluding hydrogens is 423 g/mol. The fourth-order valence-corrected chi connectivity index (χ4v) is 3.42. The second-order valence-corrected chi connectivity index (χ2v) is 7.38. The summed E-state index contributed by atoms with van der Waals surface area (Å²) in [5.41, 5.74) is -0.778. The van der Waals surface area contributed by atoms with E-state index in [-0.39, 0.29) is 34.9 Å². The number of dihydropyridines is 1. The Morgan fingerprint density at radius 2 is 1.67 bits per heavy atom. The summed E-state index contributed by atoms with van der Waals surface area (Å²) in [6.45, 7) is 6.21. The summed E-state index contributed by atoms with van der Waals surface area (Å²) < 4.78 is 51.7. The maximum atomic E-state index is 13.8. The molecule has 30 heavy (non-hydrogen) atoms. The number of halogens is 4. The van der Waals surface area contributed by atoms with Crippen molar-refractivity contribution in [3.8, 4) is 0 Å². The van der Waals surface area contributed by atoms with E-state index in [9.17, 15) is 22.8 Å². The van der Waals surface area contributed by atoms with Gasteiger partial charge in [-0.2, -0.15) is 13.2 Å². The quantitative estimate of drug-likeness (QED) is 0.509. The van der Waals surface area contributed by atoms with Gasteiger partial charge in [0.1, 0.15) is 6.61 Å². The number of hydrogen-bond acceptors (Lipinski definition) is 5. The SMILES string of the molecule is CC1=C(C(=O)OCCCl)C(c2ccccc2C(F)(F)F)C(C(=O)OC(C)C)=C(C)N1. The minimum Gasteiger partial charge on any atom is -0.461 e. The molecule has 0 amide bonds. The molecule has 0 aromatic heterocycles. The lowest BCUT2D eigenvalue weighted by Crippen LogP contribution is -2.34. The highest BCUT2D eigenvalue weighted by atomic mass is 35.5. The molecule has 1 N–H and O–H groups in total. The van der Waals surface area contributed by atoms with Gasteiger partial charge in [0.15, 0.2) is 0 Å². The van der Waals surface area contributed by atoms with Gasteiger partial charge in [0.25, 0.3) is 0 Å². The summed E-state index contributed by atoms with van der Waals surface area (Å²) >= 11 is 5.58. The molecule has 0 radical (unpaired) electrons. The van der Waals surface area contributed by atoms with E-state index >= 15 is 0 Å². The number of carbonyl (C=O) groups is 2. The predicted octanol–water partition coefficient (Wildman–Crippen LogP) is 4.67. The molecule has 0 saturated heterocycles. The van der Waals surface area contributed by atoms with Gasteiger partial charge in [-0.3, -0.25) is 0 Å². The van der Waals surface area contributed by atoms with Gasteiger partial charge in [-0.25, -0.2) is 9.59 Å². The van der Waals surface area contributed by atoms with Gasteiger partial charge in [0.05, 0.1) is 34.6 Å². The lowest BCUT2D eigenvalue weighted by Gasteiger charge is -2.32. The molecule has 9 heteroatoms. The van der Waals surface area contributed by atoms with Crippen LogP contribution in [0.2, 0.25) is 0 Å². The van der Waals surface area contributed by atoms with Gasteiger partial charge in [-0.15, -0.1) is 11.6 Å². The molecule has 5 nitrogen and oxygen atoms in total. The van der Waals surface area contributed by atoms with E-state index < -0.39 is 35.7 Å². The number of hydrogen-bond donors (Lipinski definition) is 1. The summed E-state index contributed by atoms with van der Waals surface area (Å²) in [4.78, 5) is 25.6. The van der Waals surface area contributed by atoms with Crippen molar-refractivity contribution < 1.29 is 32.2 Å². The van der Waals surface area contributed by atoms with E-state index in [1.807, 2.05) is 0 Å². The van der Waals surface area contributed by atoms with Gasteiger partial charge in [-0.1, -0.05) is 18.2 Å². The van der Waals surface area contributed by atoms with Gasteiger partial charge in [0, 0.05) is 11.4 Å². The van der Waals surface area contributed by atoms with Gasteiger partial charge < -0.3 is 14.8 Å². The minimum atomic E-state index is -4.69. The van der Waals surface area contributed by atoms with E-state index in [4.69, 9.17) is 21.1 Å². The van der Waals surface area contributed by atoms with Crippen LogP contribution in [0.25, 0.3) is 0 Å². The zero-order chi connectivity index (χ0) is 22.6. The van der Waals surface area contributed by atoms with Crippen LogP contribution in [0.15, 0.2) is 46.8 Å². The molecule has 0 bridgehead atoms. The van der Waals surface area contributed by atoms with Gasteiger partial charge >= 0.3 is 18.1 Å². The van der Waals surface area contributed by atoms with Crippen molar-refractivity contribution in [1.29, 1.82) is 0 Å². The van der Waals surface area contributed by atoms with E-state index in [1.165, 1.54) is 25.1 Å². The van der Waals surface area contributed by atoms with Crippen molar-refractivity contribution in [2.24, 2.45) is 0 Å². The number of carbonyl (C=O) groups excluding carboxylic acids is 2. The number of nitrogens with one attached hydrogen (secondary N) is 1. The molecule has 0 spiro atoms. The molecule has 0 fully saturated rings. The number of allylic oxidation sites excluding steroid dienone is 2. The molecular formula is C21H23ClF3NO4. The third kappa shape index (κ3) is 5.16. The van der Waals surface area contributed by atoms with Crippen LogP contribution in [0.1, 0.15) is 44.7 Å². The smallest absolute Gasteiger partial charge is 0.416 e. The first-order valence-corrected chi connectivity index (χ1v) is 9.81. The average Bonchev–Trinajstić information content (AvgIpc) is 2.64. The van der Waals surface area contributed by atoms with E-state index in [0.717, 1.165) is 6.07 Å². The number of alkyl halides is 4. The first-order valence-electron chi connectivity index (χ1n) is 9.27. The Bertz CT molecular complexity index is 890. The molecule has 1 aromatic rings. The summed E-state index contributed by atoms with van der Waals surface area (Å²) in [5.74, 6) is -2.97. The summed E-state index contributed by atoms with van der Waals surface area (Å²) in [7, 11) is 0. The lowest BCUT2D eigenvalue weighted by atomic mass is 9.78. The monoisotopic (exact) mass is 445 g/mol. The normalized spacial score (nSPS) is 17.2. The van der Waals surface area contributed by atoms with Crippen LogP contribution in [-0.4, -0.2) is 30.5 Å². The van der Waals surface area contributed by atoms with Crippen molar-refractivity contribution in [3.05, 3.63) is 57.9 Å². The first kappa shape index (κ1) is 23.8. The Morgan fingerprint density at radius 1 is 1.10 bits per heavy atom. The maximum absolute atomic E-state index is 13.8. The number of benzene rings is 1. The summed E-state index contributed by atoms with van der Waals surface area (Å²) in [5, 5.41) is 2.89. The number of ether oxygens (including phenoxy) is 2. The molecule has 1 aliphatic rings. The molecule has 164 valence electrons. The Labute approximate surface area is 177 Å². The largest absolute Gasteiger partial charge is 0.461 e. The number of esters is 2. The van der Waals surface area contributed by atoms with Crippen LogP contribution >= 0.6 is 11.6 Å². The molecule has 1 aromatic carbocycles. The standard InChI is InChI=1S/C21H23ClF3NO4/c1-11(2)30-20(28)17-13(4)26-12(3)16(19(27)29-10-9-22)18(17)14-7-5-6-8-15(14)21(23,24)25/h5-8,11,18,26H,9-10H2,1-4H3. The highest BCUT2D eigenvalue weighted by Crippen LogP contribution is 2.44. The lowest BCUT2D eigenvalue weighted by molar-refractivity contribution is -0.144. The second kappa shape index (κ2) is 9.55. The van der Waals surface area contributed by atoms with Crippen LogP contribution in [0, 0.1) is 0 Å². The minimum absolute atomic E-state index is 0.0203. The Balaban J connectivity index is 2.74. The molecule has 0 saturated carbocycles. The average molecular weight is 446 g/mol. The predicted molar refractivity (Wildman–Crippen MR) is 106 cm³/mol. The molecule has 1 unspecified atom stereocenters. The fraction of sp³-hybridized carbons (Fsp3) is 0.429. The van der Waals surface area contributed by atoms with Crippen molar-refractivity contribution in [3.63, 3.8) is 0 Å². The fourth-order valence-electron chi connectivity index (χ4n) is 3.34. The molecule has 1 heterocycles. The van der Waals surface area contributed by atoms with Crippen molar-refractivity contribution in [2.45, 2.75) is 45.9 Å². The summed E-state index contributed by atoms with van der Waals surface area (Å²) in [6.07, 6.45) is -5.20. The first-order chi connectivity index (χ1) is 14.0. The maximum Gasteiger partial charge on any atom is 0.416 e. The Hall–Kier alpha value is -2.48.